The van der Waals surface area contributed by atoms with Gasteiger partial charge in [-0.1, -0.05) is 20.8 Å². The van der Waals surface area contributed by atoms with Crippen LogP contribution in [0.25, 0.3) is 0 Å². The molecule has 0 aliphatic heterocycles. The minimum atomic E-state index is 0.372. The predicted molar refractivity (Wildman–Crippen MR) is 95.2 cm³/mol. The standard InChI is InChI=1S/C17H33N3S/c1-6-19(7-2)10-9-11-20(8-3)17(13-18)16-12-14(4)21-15(16)5/h12,17H,6-11,13,18H2,1-5H3. The molecule has 1 heterocycles. The van der Waals surface area contributed by atoms with Crippen molar-refractivity contribution < 1.29 is 0 Å². The lowest BCUT2D eigenvalue weighted by molar-refractivity contribution is 0.193. The minimum absolute atomic E-state index is 0.372. The Labute approximate surface area is 135 Å². The van der Waals surface area contributed by atoms with Crippen LogP contribution in [0, 0.1) is 13.8 Å². The van der Waals surface area contributed by atoms with Crippen molar-refractivity contribution in [2.24, 2.45) is 5.73 Å². The average molecular weight is 312 g/mol. The highest BCUT2D eigenvalue weighted by Crippen LogP contribution is 2.29. The summed E-state index contributed by atoms with van der Waals surface area (Å²) >= 11 is 1.89. The Kier molecular flexibility index (Phi) is 8.49. The molecule has 1 aromatic heterocycles. The van der Waals surface area contributed by atoms with Crippen LogP contribution >= 0.6 is 11.3 Å². The van der Waals surface area contributed by atoms with Gasteiger partial charge in [-0.15, -0.1) is 11.3 Å². The average Bonchev–Trinajstić information content (AvgIpc) is 2.81. The predicted octanol–water partition coefficient (Wildman–Crippen LogP) is 3.42. The summed E-state index contributed by atoms with van der Waals surface area (Å²) in [6.07, 6.45) is 1.22. The van der Waals surface area contributed by atoms with Crippen molar-refractivity contribution in [2.45, 2.75) is 47.1 Å². The van der Waals surface area contributed by atoms with E-state index >= 15 is 0 Å². The molecule has 0 radical (unpaired) electrons. The minimum Gasteiger partial charge on any atom is -0.329 e. The van der Waals surface area contributed by atoms with E-state index in [0.29, 0.717) is 12.6 Å². The van der Waals surface area contributed by atoms with Crippen molar-refractivity contribution >= 4 is 11.3 Å². The Morgan fingerprint density at radius 1 is 1.10 bits per heavy atom. The first-order valence-corrected chi connectivity index (χ1v) is 9.12. The molecule has 21 heavy (non-hydrogen) atoms. The van der Waals surface area contributed by atoms with Crippen molar-refractivity contribution in [2.75, 3.05) is 39.3 Å². The summed E-state index contributed by atoms with van der Waals surface area (Å²) < 4.78 is 0. The number of thiophene rings is 1. The van der Waals surface area contributed by atoms with Gasteiger partial charge in [0.25, 0.3) is 0 Å². The molecule has 2 N–H and O–H groups in total. The van der Waals surface area contributed by atoms with E-state index in [-0.39, 0.29) is 0 Å². The molecule has 0 aliphatic carbocycles. The van der Waals surface area contributed by atoms with E-state index in [9.17, 15) is 0 Å². The number of nitrogens with zero attached hydrogens (tertiary/aromatic N) is 2. The molecule has 0 bridgehead atoms. The second-order valence-corrected chi connectivity index (χ2v) is 7.09. The van der Waals surface area contributed by atoms with Gasteiger partial charge >= 0.3 is 0 Å². The third-order valence-corrected chi connectivity index (χ3v) is 5.30. The summed E-state index contributed by atoms with van der Waals surface area (Å²) in [6, 6.07) is 2.70. The molecule has 0 aliphatic rings. The molecule has 1 aromatic rings. The summed E-state index contributed by atoms with van der Waals surface area (Å²) in [7, 11) is 0. The first-order valence-electron chi connectivity index (χ1n) is 8.30. The van der Waals surface area contributed by atoms with Crippen LogP contribution in [-0.2, 0) is 0 Å². The first kappa shape index (κ1) is 18.6. The van der Waals surface area contributed by atoms with Gasteiger partial charge in [-0.2, -0.15) is 0 Å². The number of rotatable bonds is 10. The summed E-state index contributed by atoms with van der Waals surface area (Å²) in [5, 5.41) is 0. The molecule has 0 fully saturated rings. The number of hydrogen-bond acceptors (Lipinski definition) is 4. The summed E-state index contributed by atoms with van der Waals surface area (Å²) in [6.45, 7) is 17.5. The van der Waals surface area contributed by atoms with Gasteiger partial charge in [0.15, 0.2) is 0 Å². The molecule has 4 heteroatoms. The smallest absolute Gasteiger partial charge is 0.0481 e. The van der Waals surface area contributed by atoms with Crippen molar-refractivity contribution in [1.82, 2.24) is 9.80 Å². The Hall–Kier alpha value is -0.420. The number of aryl methyl sites for hydroxylation is 2. The van der Waals surface area contributed by atoms with E-state index < -0.39 is 0 Å². The van der Waals surface area contributed by atoms with Crippen LogP contribution in [0.5, 0.6) is 0 Å². The van der Waals surface area contributed by atoms with Gasteiger partial charge in [-0.3, -0.25) is 4.90 Å². The number of hydrogen-bond donors (Lipinski definition) is 1. The molecule has 1 unspecified atom stereocenters. The second-order valence-electron chi connectivity index (χ2n) is 5.63. The fourth-order valence-electron chi connectivity index (χ4n) is 3.03. The van der Waals surface area contributed by atoms with Crippen molar-refractivity contribution in [3.05, 3.63) is 21.4 Å². The lowest BCUT2D eigenvalue weighted by atomic mass is 10.1. The van der Waals surface area contributed by atoms with Gasteiger partial charge < -0.3 is 10.6 Å². The quantitative estimate of drug-likeness (QED) is 0.718. The highest BCUT2D eigenvalue weighted by molar-refractivity contribution is 7.12. The maximum absolute atomic E-state index is 6.10. The molecule has 0 saturated carbocycles. The highest BCUT2D eigenvalue weighted by Gasteiger charge is 2.20. The Balaban J connectivity index is 2.65. The lowest BCUT2D eigenvalue weighted by Crippen LogP contribution is -2.36. The van der Waals surface area contributed by atoms with E-state index in [1.807, 2.05) is 11.3 Å². The summed E-state index contributed by atoms with van der Waals surface area (Å²) in [5.41, 5.74) is 7.53. The van der Waals surface area contributed by atoms with Crippen molar-refractivity contribution in [3.8, 4) is 0 Å². The van der Waals surface area contributed by atoms with Crippen LogP contribution in [0.3, 0.4) is 0 Å². The number of nitrogens with two attached hydrogens (primary N) is 1. The monoisotopic (exact) mass is 311 g/mol. The van der Waals surface area contributed by atoms with Gasteiger partial charge in [0.05, 0.1) is 0 Å². The molecular formula is C17H33N3S. The van der Waals surface area contributed by atoms with Gasteiger partial charge in [-0.25, -0.2) is 0 Å². The summed E-state index contributed by atoms with van der Waals surface area (Å²) in [4.78, 5) is 7.84. The first-order chi connectivity index (χ1) is 10.1. The fraction of sp³-hybridized carbons (Fsp3) is 0.765. The van der Waals surface area contributed by atoms with Gasteiger partial charge in [-0.05, 0) is 58.1 Å². The third-order valence-electron chi connectivity index (χ3n) is 4.32. The molecule has 0 aromatic carbocycles. The zero-order valence-corrected chi connectivity index (χ0v) is 15.3. The van der Waals surface area contributed by atoms with E-state index in [1.165, 1.54) is 28.3 Å². The highest BCUT2D eigenvalue weighted by atomic mass is 32.1. The molecule has 122 valence electrons. The molecule has 3 nitrogen and oxygen atoms in total. The van der Waals surface area contributed by atoms with Crippen LogP contribution in [0.4, 0.5) is 0 Å². The second kappa shape index (κ2) is 9.57. The van der Waals surface area contributed by atoms with Crippen LogP contribution in [0.1, 0.15) is 48.6 Å². The molecule has 1 atom stereocenters. The van der Waals surface area contributed by atoms with Crippen molar-refractivity contribution in [1.29, 1.82) is 0 Å². The Morgan fingerprint density at radius 3 is 2.19 bits per heavy atom. The van der Waals surface area contributed by atoms with Crippen LogP contribution in [0.15, 0.2) is 6.07 Å². The molecule has 0 amide bonds. The van der Waals surface area contributed by atoms with E-state index in [0.717, 1.165) is 26.2 Å². The third kappa shape index (κ3) is 5.37. The lowest BCUT2D eigenvalue weighted by Gasteiger charge is -2.31. The van der Waals surface area contributed by atoms with Gasteiger partial charge in [0, 0.05) is 28.9 Å². The van der Waals surface area contributed by atoms with Crippen LogP contribution in [0.2, 0.25) is 0 Å². The molecular weight excluding hydrogens is 278 g/mol. The van der Waals surface area contributed by atoms with E-state index in [2.05, 4.69) is 50.5 Å². The SMILES string of the molecule is CCN(CC)CCCN(CC)C(CN)c1cc(C)sc1C. The fourth-order valence-corrected chi connectivity index (χ4v) is 4.01. The maximum Gasteiger partial charge on any atom is 0.0481 e. The number of likely N-dealkylation sites (N-methyl/N-ethyl adjacent to an activating group) is 1. The maximum atomic E-state index is 6.10. The Bertz CT molecular complexity index is 399. The normalized spacial score (nSPS) is 13.3. The molecule has 1 rings (SSSR count). The van der Waals surface area contributed by atoms with Gasteiger partial charge in [0.2, 0.25) is 0 Å². The van der Waals surface area contributed by atoms with E-state index in [4.69, 9.17) is 5.73 Å². The topological polar surface area (TPSA) is 32.5 Å². The van der Waals surface area contributed by atoms with Gasteiger partial charge in [0.1, 0.15) is 0 Å². The van der Waals surface area contributed by atoms with E-state index in [1.54, 1.807) is 0 Å². The zero-order valence-electron chi connectivity index (χ0n) is 14.5. The largest absolute Gasteiger partial charge is 0.329 e. The van der Waals surface area contributed by atoms with Crippen LogP contribution < -0.4 is 5.73 Å². The van der Waals surface area contributed by atoms with Crippen LogP contribution in [-0.4, -0.2) is 49.1 Å². The zero-order chi connectivity index (χ0) is 15.8. The molecule has 0 saturated heterocycles. The summed E-state index contributed by atoms with van der Waals surface area (Å²) in [5.74, 6) is 0. The van der Waals surface area contributed by atoms with Crippen molar-refractivity contribution in [3.63, 3.8) is 0 Å². The Morgan fingerprint density at radius 2 is 1.76 bits per heavy atom. The molecule has 0 spiro atoms.